The molecule has 0 radical (unpaired) electrons. The summed E-state index contributed by atoms with van der Waals surface area (Å²) < 4.78 is 58.2. The van der Waals surface area contributed by atoms with Gasteiger partial charge in [0.2, 0.25) is 0 Å². The summed E-state index contributed by atoms with van der Waals surface area (Å²) in [5, 5.41) is 5.76. The summed E-state index contributed by atoms with van der Waals surface area (Å²) in [4.78, 5) is 58.7. The third-order valence-electron chi connectivity index (χ3n) is 10.6. The molecule has 0 aliphatic carbocycles. The van der Waals surface area contributed by atoms with E-state index in [0.29, 0.717) is 64.4 Å². The number of nitrogens with zero attached hydrogens (tertiary/aromatic N) is 4. The smallest absolute Gasteiger partial charge is 0.407 e. The molecule has 0 spiro atoms. The van der Waals surface area contributed by atoms with Gasteiger partial charge in [-0.05, 0) is 62.3 Å². The van der Waals surface area contributed by atoms with Crippen LogP contribution in [0, 0.1) is 23.5 Å². The van der Waals surface area contributed by atoms with Crippen molar-refractivity contribution in [3.05, 3.63) is 89.9 Å². The number of hydrogen-bond donors (Lipinski definition) is 2. The highest BCUT2D eigenvalue weighted by atomic mass is 19.1. The van der Waals surface area contributed by atoms with Crippen LogP contribution in [0.5, 0.6) is 0 Å². The normalized spacial score (nSPS) is 19.7. The van der Waals surface area contributed by atoms with Crippen molar-refractivity contribution in [3.8, 4) is 11.3 Å². The van der Waals surface area contributed by atoms with Crippen LogP contribution in [-0.4, -0.2) is 101 Å². The van der Waals surface area contributed by atoms with E-state index in [1.54, 1.807) is 11.1 Å². The highest BCUT2D eigenvalue weighted by Crippen LogP contribution is 2.38. The van der Waals surface area contributed by atoms with Gasteiger partial charge in [-0.2, -0.15) is 0 Å². The van der Waals surface area contributed by atoms with Crippen LogP contribution >= 0.6 is 0 Å². The Labute approximate surface area is 324 Å². The zero-order chi connectivity index (χ0) is 39.6. The zero-order valence-electron chi connectivity index (χ0n) is 31.5. The maximum absolute atomic E-state index is 15.3. The predicted octanol–water partition coefficient (Wildman–Crippen LogP) is 5.33. The fourth-order valence-corrected chi connectivity index (χ4v) is 7.58. The Hall–Kier alpha value is -5.02. The third-order valence-corrected chi connectivity index (χ3v) is 10.6. The molecule has 4 atom stereocenters. The van der Waals surface area contributed by atoms with Crippen LogP contribution in [0.25, 0.3) is 11.3 Å². The fourth-order valence-electron chi connectivity index (χ4n) is 7.58. The van der Waals surface area contributed by atoms with Gasteiger partial charge in [0.05, 0.1) is 11.7 Å². The molecule has 15 heteroatoms. The molecule has 6 rings (SSSR count). The Morgan fingerprint density at radius 2 is 1.75 bits per heavy atom. The molecule has 3 aliphatic heterocycles. The van der Waals surface area contributed by atoms with E-state index in [2.05, 4.69) is 10.6 Å². The van der Waals surface area contributed by atoms with Crippen LogP contribution in [0.3, 0.4) is 0 Å². The van der Waals surface area contributed by atoms with E-state index in [1.807, 2.05) is 34.9 Å². The Balaban J connectivity index is 1.22. The number of halogens is 3. The Kier molecular flexibility index (Phi) is 13.9. The molecule has 56 heavy (non-hydrogen) atoms. The van der Waals surface area contributed by atoms with Gasteiger partial charge in [-0.25, -0.2) is 22.9 Å². The van der Waals surface area contributed by atoms with Crippen molar-refractivity contribution in [3.63, 3.8) is 0 Å². The number of carbonyl (C=O) groups is 4. The van der Waals surface area contributed by atoms with E-state index in [9.17, 15) is 23.6 Å². The highest BCUT2D eigenvalue weighted by Gasteiger charge is 2.42. The average Bonchev–Trinajstić information content (AvgIpc) is 3.89. The van der Waals surface area contributed by atoms with Gasteiger partial charge in [-0.15, -0.1) is 0 Å². The standard InChI is InChI=1S/C41H49F3N6O6/c1-27(56-41(54)46-17-7-2-3-8-18-49-36(51)13-14-37(49)52)40(53)50(25-30-22-45-23-34(30)44)38(29-15-19-55-20-16-29)39-47-35(32-21-31(42)11-12-33(32)43)26-48(39)24-28-9-5-4-6-10-28/h4-6,9-14,21,26-27,29-30,34,38,45H,2-3,7-8,15-20,22-25H2,1H3,(H,46,54)/t27-,30+,34+,38-/m1/s1. The molecule has 3 aromatic rings. The van der Waals surface area contributed by atoms with Crippen LogP contribution < -0.4 is 10.6 Å². The molecule has 0 bridgehead atoms. The molecular weight excluding hydrogens is 729 g/mol. The zero-order valence-corrected chi connectivity index (χ0v) is 31.5. The number of imide groups is 1. The molecule has 0 saturated carbocycles. The number of benzene rings is 2. The topological polar surface area (TPSA) is 135 Å². The molecular formula is C41H49F3N6O6. The molecule has 12 nitrogen and oxygen atoms in total. The minimum absolute atomic E-state index is 0.00309. The van der Waals surface area contributed by atoms with Crippen molar-refractivity contribution >= 4 is 23.8 Å². The molecule has 2 N–H and O–H groups in total. The molecule has 2 fully saturated rings. The maximum atomic E-state index is 15.3. The first-order valence-electron chi connectivity index (χ1n) is 19.4. The number of alkyl halides is 1. The van der Waals surface area contributed by atoms with Crippen LogP contribution in [0.2, 0.25) is 0 Å². The highest BCUT2D eigenvalue weighted by molar-refractivity contribution is 6.12. The summed E-state index contributed by atoms with van der Waals surface area (Å²) in [5.74, 6) is -2.80. The van der Waals surface area contributed by atoms with E-state index >= 15 is 8.78 Å². The van der Waals surface area contributed by atoms with E-state index < -0.39 is 47.9 Å². The van der Waals surface area contributed by atoms with Crippen LogP contribution in [0.15, 0.2) is 66.9 Å². The number of nitrogens with one attached hydrogen (secondary N) is 2. The van der Waals surface area contributed by atoms with Gasteiger partial charge in [-0.1, -0.05) is 43.2 Å². The second-order valence-corrected chi connectivity index (χ2v) is 14.6. The monoisotopic (exact) mass is 778 g/mol. The molecule has 3 aliphatic rings. The average molecular weight is 779 g/mol. The van der Waals surface area contributed by atoms with E-state index in [4.69, 9.17) is 14.5 Å². The van der Waals surface area contributed by atoms with Gasteiger partial charge in [0.1, 0.15) is 23.6 Å². The molecule has 4 amide bonds. The summed E-state index contributed by atoms with van der Waals surface area (Å²) in [5.41, 5.74) is 1.06. The van der Waals surface area contributed by atoms with Crippen molar-refractivity contribution in [2.45, 2.75) is 70.3 Å². The lowest BCUT2D eigenvalue weighted by Gasteiger charge is -2.40. The lowest BCUT2D eigenvalue weighted by molar-refractivity contribution is -0.146. The fraction of sp³-hybridized carbons (Fsp3) is 0.488. The van der Waals surface area contributed by atoms with Crippen molar-refractivity contribution in [1.82, 2.24) is 30.0 Å². The Bertz CT molecular complexity index is 1850. The largest absolute Gasteiger partial charge is 0.436 e. The molecule has 2 saturated heterocycles. The minimum Gasteiger partial charge on any atom is -0.436 e. The van der Waals surface area contributed by atoms with Gasteiger partial charge in [0.25, 0.3) is 17.7 Å². The van der Waals surface area contributed by atoms with Gasteiger partial charge < -0.3 is 29.6 Å². The van der Waals surface area contributed by atoms with E-state index in [-0.39, 0.29) is 48.6 Å². The number of alkyl carbamates (subject to hydrolysis) is 1. The number of carbonyl (C=O) groups excluding carboxylic acids is 4. The third kappa shape index (κ3) is 10.2. The van der Waals surface area contributed by atoms with Crippen molar-refractivity contribution in [2.24, 2.45) is 11.8 Å². The van der Waals surface area contributed by atoms with Crippen molar-refractivity contribution < 1.29 is 41.8 Å². The molecule has 1 aromatic heterocycles. The lowest BCUT2D eigenvalue weighted by atomic mass is 9.88. The van der Waals surface area contributed by atoms with Gasteiger partial charge >= 0.3 is 6.09 Å². The Morgan fingerprint density at radius 1 is 1.02 bits per heavy atom. The number of hydrogen-bond acceptors (Lipinski definition) is 8. The first-order chi connectivity index (χ1) is 27.1. The second kappa shape index (κ2) is 19.2. The molecule has 4 heterocycles. The van der Waals surface area contributed by atoms with E-state index in [1.165, 1.54) is 24.0 Å². The van der Waals surface area contributed by atoms with Crippen molar-refractivity contribution in [1.29, 1.82) is 0 Å². The quantitative estimate of drug-likeness (QED) is 0.139. The molecule has 300 valence electrons. The summed E-state index contributed by atoms with van der Waals surface area (Å²) in [7, 11) is 0. The summed E-state index contributed by atoms with van der Waals surface area (Å²) >= 11 is 0. The minimum atomic E-state index is -1.26. The number of aromatic nitrogens is 2. The number of rotatable bonds is 17. The molecule has 2 aromatic carbocycles. The van der Waals surface area contributed by atoms with Gasteiger partial charge in [0.15, 0.2) is 6.10 Å². The van der Waals surface area contributed by atoms with Crippen molar-refractivity contribution in [2.75, 3.05) is 45.9 Å². The van der Waals surface area contributed by atoms with Crippen LogP contribution in [-0.2, 0) is 30.4 Å². The summed E-state index contributed by atoms with van der Waals surface area (Å²) in [6, 6.07) is 11.9. The number of imidazole rings is 1. The second-order valence-electron chi connectivity index (χ2n) is 14.6. The predicted molar refractivity (Wildman–Crippen MR) is 201 cm³/mol. The number of amides is 4. The van der Waals surface area contributed by atoms with Crippen LogP contribution in [0.4, 0.5) is 18.0 Å². The first kappa shape index (κ1) is 40.6. The maximum Gasteiger partial charge on any atom is 0.407 e. The van der Waals surface area contributed by atoms with Gasteiger partial charge in [0, 0.05) is 82.3 Å². The van der Waals surface area contributed by atoms with Crippen LogP contribution in [0.1, 0.15) is 62.9 Å². The number of unbranched alkanes of at least 4 members (excludes halogenated alkanes) is 3. The number of ether oxygens (including phenoxy) is 2. The molecule has 0 unspecified atom stereocenters. The lowest BCUT2D eigenvalue weighted by Crippen LogP contribution is -2.49. The first-order valence-corrected chi connectivity index (χ1v) is 19.4. The Morgan fingerprint density at radius 3 is 2.46 bits per heavy atom. The summed E-state index contributed by atoms with van der Waals surface area (Å²) in [6.45, 7) is 3.72. The van der Waals surface area contributed by atoms with E-state index in [0.717, 1.165) is 36.6 Å². The summed E-state index contributed by atoms with van der Waals surface area (Å²) in [6.07, 6.45) is 4.72. The van der Waals surface area contributed by atoms with Gasteiger partial charge in [-0.3, -0.25) is 19.3 Å². The SMILES string of the molecule is C[C@@H](OC(=O)NCCCCCCN1C(=O)C=CC1=O)C(=O)N(C[C@@H]1CNC[C@@H]1F)[C@@H](c1nc(-c2cc(F)ccc2F)cn1Cc1ccccc1)C1CCOCC1.